The summed E-state index contributed by atoms with van der Waals surface area (Å²) in [5, 5.41) is 22.3. The molecule has 0 aromatic carbocycles. The minimum absolute atomic E-state index is 0.101. The Kier molecular flexibility index (Phi) is 4.24. The maximum atomic E-state index is 11.9. The van der Waals surface area contributed by atoms with Gasteiger partial charge in [-0.25, -0.2) is 13.1 Å². The van der Waals surface area contributed by atoms with Gasteiger partial charge in [0.1, 0.15) is 0 Å². The molecule has 0 saturated carbocycles. The van der Waals surface area contributed by atoms with E-state index in [1.807, 2.05) is 0 Å². The lowest BCUT2D eigenvalue weighted by Gasteiger charge is -2.06. The molecule has 0 aliphatic carbocycles. The Labute approximate surface area is 109 Å². The predicted molar refractivity (Wildman–Crippen MR) is 64.3 cm³/mol. The van der Waals surface area contributed by atoms with Gasteiger partial charge in [0.25, 0.3) is 10.0 Å². The molecule has 2 heterocycles. The molecular formula is C9H14N6O3S. The SMILES string of the molecule is O=S(=O)(NCCCn1ccnn1)c1[nH]ncc1CO. The van der Waals surface area contributed by atoms with Crippen LogP contribution in [0.25, 0.3) is 0 Å². The molecule has 0 amide bonds. The first-order chi connectivity index (χ1) is 9.13. The van der Waals surface area contributed by atoms with Crippen LogP contribution in [0.5, 0.6) is 0 Å². The molecule has 0 unspecified atom stereocenters. The fraction of sp³-hybridized carbons (Fsp3) is 0.444. The number of aryl methyl sites for hydroxylation is 1. The molecule has 19 heavy (non-hydrogen) atoms. The average molecular weight is 286 g/mol. The molecule has 0 fully saturated rings. The summed E-state index contributed by atoms with van der Waals surface area (Å²) in [7, 11) is -3.67. The zero-order chi connectivity index (χ0) is 13.7. The van der Waals surface area contributed by atoms with E-state index in [1.54, 1.807) is 17.1 Å². The Morgan fingerprint density at radius 1 is 1.47 bits per heavy atom. The second kappa shape index (κ2) is 5.91. The van der Waals surface area contributed by atoms with Crippen LogP contribution in [0.2, 0.25) is 0 Å². The van der Waals surface area contributed by atoms with E-state index in [9.17, 15) is 8.42 Å². The zero-order valence-electron chi connectivity index (χ0n) is 10.0. The summed E-state index contributed by atoms with van der Waals surface area (Å²) in [5.41, 5.74) is 0.240. The molecule has 10 heteroatoms. The molecule has 0 atom stereocenters. The van der Waals surface area contributed by atoms with Gasteiger partial charge in [-0.15, -0.1) is 5.10 Å². The summed E-state index contributed by atoms with van der Waals surface area (Å²) < 4.78 is 27.9. The molecule has 2 aromatic rings. The molecule has 104 valence electrons. The Balaban J connectivity index is 1.88. The van der Waals surface area contributed by atoms with Gasteiger partial charge >= 0.3 is 0 Å². The molecular weight excluding hydrogens is 272 g/mol. The lowest BCUT2D eigenvalue weighted by molar-refractivity contribution is 0.278. The van der Waals surface area contributed by atoms with E-state index < -0.39 is 10.0 Å². The van der Waals surface area contributed by atoms with E-state index in [2.05, 4.69) is 25.2 Å². The Bertz CT molecular complexity index is 606. The van der Waals surface area contributed by atoms with Crippen LogP contribution in [0.3, 0.4) is 0 Å². The first kappa shape index (κ1) is 13.6. The van der Waals surface area contributed by atoms with Crippen LogP contribution in [-0.2, 0) is 23.2 Å². The van der Waals surface area contributed by atoms with Crippen LogP contribution < -0.4 is 4.72 Å². The third-order valence-corrected chi connectivity index (χ3v) is 3.92. The molecule has 0 radical (unpaired) electrons. The number of sulfonamides is 1. The molecule has 3 N–H and O–H groups in total. The Hall–Kier alpha value is -1.78. The quantitative estimate of drug-likeness (QED) is 0.552. The lowest BCUT2D eigenvalue weighted by atomic mass is 10.4. The van der Waals surface area contributed by atoms with E-state index in [-0.39, 0.29) is 23.7 Å². The van der Waals surface area contributed by atoms with Gasteiger partial charge in [-0.2, -0.15) is 5.10 Å². The molecule has 0 spiro atoms. The Morgan fingerprint density at radius 3 is 3.00 bits per heavy atom. The summed E-state index contributed by atoms with van der Waals surface area (Å²) in [6.45, 7) is 0.441. The minimum atomic E-state index is -3.67. The van der Waals surface area contributed by atoms with Crippen LogP contribution in [0.15, 0.2) is 23.6 Å². The average Bonchev–Trinajstić information content (AvgIpc) is 3.05. The second-order valence-electron chi connectivity index (χ2n) is 3.80. The van der Waals surface area contributed by atoms with Crippen LogP contribution in [0.1, 0.15) is 12.0 Å². The van der Waals surface area contributed by atoms with Crippen molar-refractivity contribution in [1.82, 2.24) is 29.9 Å². The van der Waals surface area contributed by atoms with Crippen molar-refractivity contribution in [2.75, 3.05) is 6.54 Å². The van der Waals surface area contributed by atoms with Gasteiger partial charge in [-0.05, 0) is 6.42 Å². The van der Waals surface area contributed by atoms with Crippen molar-refractivity contribution >= 4 is 10.0 Å². The molecule has 0 saturated heterocycles. The van der Waals surface area contributed by atoms with E-state index in [0.717, 1.165) is 0 Å². The Morgan fingerprint density at radius 2 is 2.32 bits per heavy atom. The van der Waals surface area contributed by atoms with Gasteiger partial charge in [0.15, 0.2) is 5.03 Å². The minimum Gasteiger partial charge on any atom is -0.392 e. The number of rotatable bonds is 7. The van der Waals surface area contributed by atoms with Crippen molar-refractivity contribution in [1.29, 1.82) is 0 Å². The van der Waals surface area contributed by atoms with Gasteiger partial charge in [0.2, 0.25) is 0 Å². The summed E-state index contributed by atoms with van der Waals surface area (Å²) in [5.74, 6) is 0. The molecule has 0 aliphatic heterocycles. The smallest absolute Gasteiger partial charge is 0.257 e. The summed E-state index contributed by atoms with van der Waals surface area (Å²) in [6.07, 6.45) is 5.12. The standard InChI is InChI=1S/C9H14N6O3S/c16-7-8-6-11-13-9(8)19(17,18)12-2-1-4-15-5-3-10-14-15/h3,5-6,12,16H,1-2,4,7H2,(H,11,13). The van der Waals surface area contributed by atoms with Crippen molar-refractivity contribution in [3.05, 3.63) is 24.2 Å². The third kappa shape index (κ3) is 3.36. The number of H-pyrrole nitrogens is 1. The zero-order valence-corrected chi connectivity index (χ0v) is 10.8. The topological polar surface area (TPSA) is 126 Å². The highest BCUT2D eigenvalue weighted by Gasteiger charge is 2.19. The summed E-state index contributed by atoms with van der Waals surface area (Å²) >= 11 is 0. The highest BCUT2D eigenvalue weighted by Crippen LogP contribution is 2.11. The highest BCUT2D eigenvalue weighted by atomic mass is 32.2. The van der Waals surface area contributed by atoms with Crippen molar-refractivity contribution in [3.63, 3.8) is 0 Å². The fourth-order valence-corrected chi connectivity index (χ4v) is 2.71. The van der Waals surface area contributed by atoms with Gasteiger partial charge in [0, 0.05) is 24.8 Å². The maximum Gasteiger partial charge on any atom is 0.257 e. The molecule has 0 bridgehead atoms. The predicted octanol–water partition coefficient (Wildman–Crippen LogP) is -1.14. The van der Waals surface area contributed by atoms with Gasteiger partial charge in [-0.1, -0.05) is 5.21 Å². The summed E-state index contributed by atoms with van der Waals surface area (Å²) in [6, 6.07) is 0. The van der Waals surface area contributed by atoms with Crippen molar-refractivity contribution in [3.8, 4) is 0 Å². The van der Waals surface area contributed by atoms with Crippen LogP contribution in [0, 0.1) is 0 Å². The first-order valence-electron chi connectivity index (χ1n) is 5.60. The number of aliphatic hydroxyl groups excluding tert-OH is 1. The summed E-state index contributed by atoms with van der Waals surface area (Å²) in [4.78, 5) is 0. The van der Waals surface area contributed by atoms with E-state index in [1.165, 1.54) is 6.20 Å². The monoisotopic (exact) mass is 286 g/mol. The number of hydrogen-bond donors (Lipinski definition) is 3. The normalized spacial score (nSPS) is 11.8. The number of aromatic amines is 1. The lowest BCUT2D eigenvalue weighted by Crippen LogP contribution is -2.26. The van der Waals surface area contributed by atoms with Crippen LogP contribution >= 0.6 is 0 Å². The number of nitrogens with zero attached hydrogens (tertiary/aromatic N) is 4. The molecule has 2 aromatic heterocycles. The van der Waals surface area contributed by atoms with E-state index in [0.29, 0.717) is 13.0 Å². The molecule has 9 nitrogen and oxygen atoms in total. The van der Waals surface area contributed by atoms with Gasteiger partial charge in [0.05, 0.1) is 19.0 Å². The van der Waals surface area contributed by atoms with Crippen molar-refractivity contribution in [2.24, 2.45) is 0 Å². The molecule has 2 rings (SSSR count). The largest absolute Gasteiger partial charge is 0.392 e. The van der Waals surface area contributed by atoms with Crippen LogP contribution in [0.4, 0.5) is 0 Å². The second-order valence-corrected chi connectivity index (χ2v) is 5.50. The third-order valence-electron chi connectivity index (χ3n) is 2.45. The van der Waals surface area contributed by atoms with Crippen molar-refractivity contribution < 1.29 is 13.5 Å². The number of aliphatic hydroxyl groups is 1. The van der Waals surface area contributed by atoms with Gasteiger partial charge in [-0.3, -0.25) is 9.78 Å². The maximum absolute atomic E-state index is 11.9. The molecule has 0 aliphatic rings. The highest BCUT2D eigenvalue weighted by molar-refractivity contribution is 7.89. The number of hydrogen-bond acceptors (Lipinski definition) is 6. The van der Waals surface area contributed by atoms with E-state index >= 15 is 0 Å². The van der Waals surface area contributed by atoms with E-state index in [4.69, 9.17) is 5.11 Å². The number of aromatic nitrogens is 5. The number of nitrogens with one attached hydrogen (secondary N) is 2. The first-order valence-corrected chi connectivity index (χ1v) is 7.08. The fourth-order valence-electron chi connectivity index (χ4n) is 1.52. The van der Waals surface area contributed by atoms with Crippen LogP contribution in [-0.4, -0.2) is 45.3 Å². The van der Waals surface area contributed by atoms with Gasteiger partial charge < -0.3 is 5.11 Å². The van der Waals surface area contributed by atoms with Crippen molar-refractivity contribution in [2.45, 2.75) is 24.6 Å².